The van der Waals surface area contributed by atoms with E-state index in [0.717, 1.165) is 11.6 Å². The molecular formula is C15H15FN2O3. The zero-order chi connectivity index (χ0) is 15.2. The summed E-state index contributed by atoms with van der Waals surface area (Å²) in [5.41, 5.74) is 0.550. The Kier molecular flexibility index (Phi) is 4.84. The van der Waals surface area contributed by atoms with Crippen LogP contribution in [0.2, 0.25) is 0 Å². The van der Waals surface area contributed by atoms with Crippen LogP contribution in [0.5, 0.6) is 5.75 Å². The Labute approximate surface area is 121 Å². The van der Waals surface area contributed by atoms with Gasteiger partial charge in [-0.1, -0.05) is 30.3 Å². The van der Waals surface area contributed by atoms with Crippen LogP contribution in [0.1, 0.15) is 11.1 Å². The number of benzene rings is 2. The lowest BCUT2D eigenvalue weighted by Gasteiger charge is -2.11. The van der Waals surface area contributed by atoms with E-state index in [4.69, 9.17) is 4.74 Å². The van der Waals surface area contributed by atoms with Gasteiger partial charge in [-0.2, -0.15) is 4.39 Å². The number of nitro groups is 1. The first-order valence-corrected chi connectivity index (χ1v) is 6.40. The molecule has 0 spiro atoms. The zero-order valence-corrected chi connectivity index (χ0v) is 11.5. The Hall–Kier alpha value is -2.47. The molecule has 0 amide bonds. The molecule has 0 bridgehead atoms. The van der Waals surface area contributed by atoms with Gasteiger partial charge in [-0.15, -0.1) is 0 Å². The molecule has 2 rings (SSSR count). The van der Waals surface area contributed by atoms with Crippen LogP contribution in [0, 0.1) is 15.9 Å². The van der Waals surface area contributed by atoms with Crippen LogP contribution in [-0.4, -0.2) is 12.0 Å². The van der Waals surface area contributed by atoms with Crippen molar-refractivity contribution in [1.82, 2.24) is 5.32 Å². The standard InChI is InChI=1S/C15H15FN2O3/c1-17-9-11-5-2-3-8-14(11)21-10-12-6-4-7-13(15(12)16)18(19)20/h2-8,17H,9-10H2,1H3. The molecule has 110 valence electrons. The molecule has 0 fully saturated rings. The average molecular weight is 290 g/mol. The Morgan fingerprint density at radius 1 is 1.19 bits per heavy atom. The smallest absolute Gasteiger partial charge is 0.305 e. The number of nitro benzene ring substituents is 1. The van der Waals surface area contributed by atoms with Gasteiger partial charge in [0.2, 0.25) is 5.82 Å². The predicted molar refractivity (Wildman–Crippen MR) is 76.6 cm³/mol. The Morgan fingerprint density at radius 2 is 1.90 bits per heavy atom. The normalized spacial score (nSPS) is 10.4. The second kappa shape index (κ2) is 6.81. The lowest BCUT2D eigenvalue weighted by Crippen LogP contribution is -2.08. The number of hydrogen-bond acceptors (Lipinski definition) is 4. The summed E-state index contributed by atoms with van der Waals surface area (Å²) in [6.45, 7) is 0.557. The van der Waals surface area contributed by atoms with Gasteiger partial charge in [-0.25, -0.2) is 0 Å². The van der Waals surface area contributed by atoms with E-state index in [9.17, 15) is 14.5 Å². The molecule has 0 saturated carbocycles. The van der Waals surface area contributed by atoms with E-state index in [0.29, 0.717) is 12.3 Å². The Balaban J connectivity index is 2.17. The maximum absolute atomic E-state index is 13.9. The molecule has 0 radical (unpaired) electrons. The number of ether oxygens (including phenoxy) is 1. The first-order valence-electron chi connectivity index (χ1n) is 6.40. The number of nitrogens with zero attached hydrogens (tertiary/aromatic N) is 1. The number of rotatable bonds is 6. The van der Waals surface area contributed by atoms with Gasteiger partial charge in [0, 0.05) is 23.7 Å². The summed E-state index contributed by atoms with van der Waals surface area (Å²) in [6, 6.07) is 11.4. The van der Waals surface area contributed by atoms with Crippen molar-refractivity contribution < 1.29 is 14.1 Å². The van der Waals surface area contributed by atoms with Crippen molar-refractivity contribution in [3.05, 3.63) is 69.5 Å². The van der Waals surface area contributed by atoms with E-state index in [1.54, 1.807) is 6.07 Å². The average Bonchev–Trinajstić information content (AvgIpc) is 2.47. The van der Waals surface area contributed by atoms with Gasteiger partial charge in [0.1, 0.15) is 12.4 Å². The van der Waals surface area contributed by atoms with E-state index in [-0.39, 0.29) is 12.2 Å². The highest BCUT2D eigenvalue weighted by molar-refractivity contribution is 5.37. The number of para-hydroxylation sites is 1. The van der Waals surface area contributed by atoms with Crippen molar-refractivity contribution in [2.24, 2.45) is 0 Å². The Morgan fingerprint density at radius 3 is 2.62 bits per heavy atom. The number of nitrogens with one attached hydrogen (secondary N) is 1. The van der Waals surface area contributed by atoms with Gasteiger partial charge < -0.3 is 10.1 Å². The van der Waals surface area contributed by atoms with E-state index in [1.807, 2.05) is 25.2 Å². The summed E-state index contributed by atoms with van der Waals surface area (Å²) >= 11 is 0. The molecule has 2 aromatic carbocycles. The fourth-order valence-corrected chi connectivity index (χ4v) is 1.96. The van der Waals surface area contributed by atoms with Crippen LogP contribution in [-0.2, 0) is 13.2 Å². The lowest BCUT2D eigenvalue weighted by atomic mass is 10.2. The van der Waals surface area contributed by atoms with Crippen LogP contribution in [0.4, 0.5) is 10.1 Å². The fraction of sp³-hybridized carbons (Fsp3) is 0.200. The quantitative estimate of drug-likeness (QED) is 0.656. The summed E-state index contributed by atoms with van der Waals surface area (Å²) in [4.78, 5) is 9.96. The first-order chi connectivity index (χ1) is 10.1. The predicted octanol–water partition coefficient (Wildman–Crippen LogP) is 3.03. The summed E-state index contributed by atoms with van der Waals surface area (Å²) in [6.07, 6.45) is 0. The highest BCUT2D eigenvalue weighted by atomic mass is 19.1. The third-order valence-electron chi connectivity index (χ3n) is 2.98. The highest BCUT2D eigenvalue weighted by Gasteiger charge is 2.17. The molecular weight excluding hydrogens is 275 g/mol. The number of halogens is 1. The first kappa shape index (κ1) is 14.9. The summed E-state index contributed by atoms with van der Waals surface area (Å²) < 4.78 is 19.5. The molecule has 6 heteroatoms. The topological polar surface area (TPSA) is 64.4 Å². The minimum Gasteiger partial charge on any atom is -0.488 e. The molecule has 2 aromatic rings. The second-order valence-electron chi connectivity index (χ2n) is 4.43. The molecule has 0 aromatic heterocycles. The van der Waals surface area contributed by atoms with Gasteiger partial charge in [0.25, 0.3) is 0 Å². The van der Waals surface area contributed by atoms with E-state index in [1.165, 1.54) is 12.1 Å². The van der Waals surface area contributed by atoms with Crippen molar-refractivity contribution in [3.63, 3.8) is 0 Å². The largest absolute Gasteiger partial charge is 0.488 e. The van der Waals surface area contributed by atoms with Crippen molar-refractivity contribution in [2.75, 3.05) is 7.05 Å². The fourth-order valence-electron chi connectivity index (χ4n) is 1.96. The minimum absolute atomic E-state index is 0.0613. The van der Waals surface area contributed by atoms with Crippen LogP contribution >= 0.6 is 0 Å². The molecule has 0 heterocycles. The van der Waals surface area contributed by atoms with E-state index >= 15 is 0 Å². The van der Waals surface area contributed by atoms with Crippen LogP contribution in [0.15, 0.2) is 42.5 Å². The molecule has 0 aliphatic heterocycles. The van der Waals surface area contributed by atoms with Gasteiger partial charge in [0.05, 0.1) is 4.92 Å². The maximum Gasteiger partial charge on any atom is 0.305 e. The van der Waals surface area contributed by atoms with E-state index in [2.05, 4.69) is 5.32 Å². The van der Waals surface area contributed by atoms with Crippen LogP contribution in [0.25, 0.3) is 0 Å². The Bertz CT molecular complexity index is 647. The molecule has 0 unspecified atom stereocenters. The maximum atomic E-state index is 13.9. The second-order valence-corrected chi connectivity index (χ2v) is 4.43. The molecule has 21 heavy (non-hydrogen) atoms. The van der Waals surface area contributed by atoms with Crippen LogP contribution < -0.4 is 10.1 Å². The van der Waals surface area contributed by atoms with Crippen LogP contribution in [0.3, 0.4) is 0 Å². The van der Waals surface area contributed by atoms with Gasteiger partial charge >= 0.3 is 5.69 Å². The molecule has 0 saturated heterocycles. The SMILES string of the molecule is CNCc1ccccc1OCc1cccc([N+](=O)[O-])c1F. The molecule has 0 aliphatic rings. The molecule has 0 atom stereocenters. The van der Waals surface area contributed by atoms with Gasteiger partial charge in [-0.3, -0.25) is 10.1 Å². The van der Waals surface area contributed by atoms with Crippen molar-refractivity contribution in [3.8, 4) is 5.75 Å². The molecule has 5 nitrogen and oxygen atoms in total. The third-order valence-corrected chi connectivity index (χ3v) is 2.98. The van der Waals surface area contributed by atoms with Crippen molar-refractivity contribution in [1.29, 1.82) is 0 Å². The highest BCUT2D eigenvalue weighted by Crippen LogP contribution is 2.23. The summed E-state index contributed by atoms with van der Waals surface area (Å²) in [5, 5.41) is 13.7. The zero-order valence-electron chi connectivity index (χ0n) is 11.5. The lowest BCUT2D eigenvalue weighted by molar-refractivity contribution is -0.387. The summed E-state index contributed by atoms with van der Waals surface area (Å²) in [5.74, 6) is -0.230. The monoisotopic (exact) mass is 290 g/mol. The third kappa shape index (κ3) is 3.55. The number of hydrogen-bond donors (Lipinski definition) is 1. The molecule has 0 aliphatic carbocycles. The minimum atomic E-state index is -0.853. The van der Waals surface area contributed by atoms with Gasteiger partial charge in [0.15, 0.2) is 0 Å². The summed E-state index contributed by atoms with van der Waals surface area (Å²) in [7, 11) is 1.82. The molecule has 1 N–H and O–H groups in total. The van der Waals surface area contributed by atoms with Gasteiger partial charge in [-0.05, 0) is 13.1 Å². The van der Waals surface area contributed by atoms with Crippen molar-refractivity contribution >= 4 is 5.69 Å². The van der Waals surface area contributed by atoms with E-state index < -0.39 is 16.4 Å². The van der Waals surface area contributed by atoms with Crippen molar-refractivity contribution in [2.45, 2.75) is 13.2 Å².